The normalized spacial score (nSPS) is 11.4. The zero-order valence-corrected chi connectivity index (χ0v) is 14.4. The molecule has 6 nitrogen and oxygen atoms in total. The van der Waals surface area contributed by atoms with Crippen LogP contribution in [-0.2, 0) is 6.54 Å². The van der Waals surface area contributed by atoms with Crippen LogP contribution in [0.25, 0.3) is 22.6 Å². The Morgan fingerprint density at radius 3 is 2.67 bits per heavy atom. The highest BCUT2D eigenvalue weighted by Crippen LogP contribution is 2.21. The Morgan fingerprint density at radius 1 is 1.07 bits per heavy atom. The minimum Gasteiger partial charge on any atom is -0.383 e. The van der Waals surface area contributed by atoms with Crippen LogP contribution in [0.2, 0.25) is 0 Å². The first kappa shape index (κ1) is 16.5. The van der Waals surface area contributed by atoms with Gasteiger partial charge < -0.3 is 5.73 Å². The number of benzene rings is 2. The standard InChI is InChI=1S/C21H16N6/c22-11-17(21-25-19-9-5-4-8-18(19)20(23)26-21)10-16-12-24-27(14-16)13-15-6-2-1-3-7-15/h1-10,12,14H,13H2,(H2,23,25,26). The highest BCUT2D eigenvalue weighted by Gasteiger charge is 2.10. The first-order chi connectivity index (χ1) is 13.2. The molecule has 0 unspecified atom stereocenters. The van der Waals surface area contributed by atoms with Crippen molar-refractivity contribution in [2.45, 2.75) is 6.54 Å². The van der Waals surface area contributed by atoms with E-state index in [1.165, 1.54) is 0 Å². The zero-order chi connectivity index (χ0) is 18.6. The summed E-state index contributed by atoms with van der Waals surface area (Å²) >= 11 is 0. The molecule has 0 spiro atoms. The van der Waals surface area contributed by atoms with Gasteiger partial charge in [-0.15, -0.1) is 0 Å². The summed E-state index contributed by atoms with van der Waals surface area (Å²) in [5, 5.41) is 14.7. The second-order valence-corrected chi connectivity index (χ2v) is 6.08. The van der Waals surface area contributed by atoms with Crippen molar-refractivity contribution in [3.63, 3.8) is 0 Å². The van der Waals surface area contributed by atoms with Crippen molar-refractivity contribution >= 4 is 28.4 Å². The predicted molar refractivity (Wildman–Crippen MR) is 105 cm³/mol. The highest BCUT2D eigenvalue weighted by atomic mass is 15.3. The van der Waals surface area contributed by atoms with Crippen molar-refractivity contribution in [3.05, 3.63) is 83.9 Å². The third-order valence-electron chi connectivity index (χ3n) is 4.15. The largest absolute Gasteiger partial charge is 0.383 e. The van der Waals surface area contributed by atoms with E-state index in [0.717, 1.165) is 16.5 Å². The molecule has 130 valence electrons. The first-order valence-corrected chi connectivity index (χ1v) is 8.44. The lowest BCUT2D eigenvalue weighted by atomic mass is 10.1. The van der Waals surface area contributed by atoms with Crippen molar-refractivity contribution in [3.8, 4) is 6.07 Å². The Morgan fingerprint density at radius 2 is 1.85 bits per heavy atom. The van der Waals surface area contributed by atoms with Gasteiger partial charge in [0.2, 0.25) is 0 Å². The third kappa shape index (κ3) is 3.53. The molecule has 6 heteroatoms. The number of nitrogens with zero attached hydrogens (tertiary/aromatic N) is 5. The van der Waals surface area contributed by atoms with Gasteiger partial charge in [-0.25, -0.2) is 9.97 Å². The first-order valence-electron chi connectivity index (χ1n) is 8.44. The summed E-state index contributed by atoms with van der Waals surface area (Å²) in [6.07, 6.45) is 5.32. The maximum absolute atomic E-state index is 9.58. The van der Waals surface area contributed by atoms with Gasteiger partial charge in [-0.05, 0) is 23.8 Å². The van der Waals surface area contributed by atoms with Gasteiger partial charge in [0.25, 0.3) is 0 Å². The van der Waals surface area contributed by atoms with E-state index in [-0.39, 0.29) is 0 Å². The van der Waals surface area contributed by atoms with Crippen LogP contribution in [0, 0.1) is 11.3 Å². The molecule has 0 fully saturated rings. The number of rotatable bonds is 4. The fourth-order valence-corrected chi connectivity index (χ4v) is 2.85. The van der Waals surface area contributed by atoms with E-state index in [1.54, 1.807) is 12.3 Å². The van der Waals surface area contributed by atoms with Gasteiger partial charge in [0, 0.05) is 17.1 Å². The predicted octanol–water partition coefficient (Wildman–Crippen LogP) is 3.52. The SMILES string of the molecule is N#CC(=Cc1cnn(Cc2ccccc2)c1)c1nc(N)c2ccccc2n1. The van der Waals surface area contributed by atoms with Crippen LogP contribution in [0.5, 0.6) is 0 Å². The van der Waals surface area contributed by atoms with Crippen LogP contribution in [0.15, 0.2) is 67.0 Å². The van der Waals surface area contributed by atoms with Crippen molar-refractivity contribution in [1.29, 1.82) is 5.26 Å². The van der Waals surface area contributed by atoms with Gasteiger partial charge >= 0.3 is 0 Å². The molecular formula is C21H16N6. The summed E-state index contributed by atoms with van der Waals surface area (Å²) in [7, 11) is 0. The smallest absolute Gasteiger partial charge is 0.172 e. The molecule has 2 heterocycles. The van der Waals surface area contributed by atoms with Crippen LogP contribution in [-0.4, -0.2) is 19.7 Å². The maximum atomic E-state index is 9.58. The van der Waals surface area contributed by atoms with Gasteiger partial charge in [-0.1, -0.05) is 42.5 Å². The quantitative estimate of drug-likeness (QED) is 0.567. The molecule has 2 aromatic heterocycles. The number of aromatic nitrogens is 4. The van der Waals surface area contributed by atoms with Gasteiger partial charge in [-0.2, -0.15) is 10.4 Å². The van der Waals surface area contributed by atoms with Crippen molar-refractivity contribution < 1.29 is 0 Å². The summed E-state index contributed by atoms with van der Waals surface area (Å²) < 4.78 is 1.83. The second-order valence-electron chi connectivity index (χ2n) is 6.08. The molecule has 0 aliphatic rings. The molecular weight excluding hydrogens is 336 g/mol. The van der Waals surface area contributed by atoms with Crippen LogP contribution >= 0.6 is 0 Å². The molecule has 0 aliphatic heterocycles. The molecule has 0 radical (unpaired) electrons. The number of allylic oxidation sites excluding steroid dienone is 1. The van der Waals surface area contributed by atoms with Crippen molar-refractivity contribution in [2.24, 2.45) is 0 Å². The Kier molecular flexibility index (Phi) is 4.33. The van der Waals surface area contributed by atoms with Crippen molar-refractivity contribution in [1.82, 2.24) is 19.7 Å². The van der Waals surface area contributed by atoms with Crippen LogP contribution in [0.4, 0.5) is 5.82 Å². The fourth-order valence-electron chi connectivity index (χ4n) is 2.85. The van der Waals surface area contributed by atoms with E-state index in [2.05, 4.69) is 21.1 Å². The number of anilines is 1. The lowest BCUT2D eigenvalue weighted by Gasteiger charge is -2.04. The van der Waals surface area contributed by atoms with Gasteiger partial charge in [0.05, 0.1) is 23.8 Å². The lowest BCUT2D eigenvalue weighted by Crippen LogP contribution is -2.00. The average Bonchev–Trinajstić information content (AvgIpc) is 3.14. The molecule has 0 saturated heterocycles. The number of nitrogen functional groups attached to an aromatic ring is 1. The molecule has 4 rings (SSSR count). The third-order valence-corrected chi connectivity index (χ3v) is 4.15. The minimum atomic E-state index is 0.310. The zero-order valence-electron chi connectivity index (χ0n) is 14.4. The van der Waals surface area contributed by atoms with E-state index < -0.39 is 0 Å². The van der Waals surface area contributed by atoms with Gasteiger partial charge in [0.1, 0.15) is 11.9 Å². The second kappa shape index (κ2) is 7.10. The Bertz CT molecular complexity index is 1170. The van der Waals surface area contributed by atoms with Crippen LogP contribution in [0.1, 0.15) is 17.0 Å². The van der Waals surface area contributed by atoms with E-state index in [1.807, 2.05) is 65.5 Å². The van der Waals surface area contributed by atoms with Crippen LogP contribution < -0.4 is 5.73 Å². The summed E-state index contributed by atoms with van der Waals surface area (Å²) in [5.41, 5.74) is 9.04. The van der Waals surface area contributed by atoms with Crippen LogP contribution in [0.3, 0.4) is 0 Å². The van der Waals surface area contributed by atoms with E-state index in [0.29, 0.717) is 29.3 Å². The topological polar surface area (TPSA) is 93.4 Å². The number of nitrogens with two attached hydrogens (primary N) is 1. The molecule has 4 aromatic rings. The van der Waals surface area contributed by atoms with E-state index in [4.69, 9.17) is 5.73 Å². The summed E-state index contributed by atoms with van der Waals surface area (Å²) in [4.78, 5) is 8.76. The van der Waals surface area contributed by atoms with Crippen molar-refractivity contribution in [2.75, 3.05) is 5.73 Å². The summed E-state index contributed by atoms with van der Waals surface area (Å²) in [6.45, 7) is 0.663. The maximum Gasteiger partial charge on any atom is 0.172 e. The number of para-hydroxylation sites is 1. The minimum absolute atomic E-state index is 0.310. The lowest BCUT2D eigenvalue weighted by molar-refractivity contribution is 0.687. The number of fused-ring (bicyclic) bond motifs is 1. The summed E-state index contributed by atoms with van der Waals surface area (Å²) in [6, 6.07) is 19.7. The molecule has 27 heavy (non-hydrogen) atoms. The Labute approximate surface area is 156 Å². The molecule has 0 saturated carbocycles. The molecule has 0 bridgehead atoms. The van der Waals surface area contributed by atoms with E-state index in [9.17, 15) is 5.26 Å². The number of hydrogen-bond acceptors (Lipinski definition) is 5. The highest BCUT2D eigenvalue weighted by molar-refractivity contribution is 5.92. The fraction of sp³-hybridized carbons (Fsp3) is 0.0476. The molecule has 2 aromatic carbocycles. The average molecular weight is 352 g/mol. The molecule has 0 amide bonds. The van der Waals surface area contributed by atoms with E-state index >= 15 is 0 Å². The Hall–Kier alpha value is -3.98. The van der Waals surface area contributed by atoms with Gasteiger partial charge in [0.15, 0.2) is 5.82 Å². The molecule has 2 N–H and O–H groups in total. The monoisotopic (exact) mass is 352 g/mol. The number of hydrogen-bond donors (Lipinski definition) is 1. The number of nitriles is 1. The van der Waals surface area contributed by atoms with Gasteiger partial charge in [-0.3, -0.25) is 4.68 Å². The molecule has 0 atom stereocenters. The molecule has 0 aliphatic carbocycles. The Balaban J connectivity index is 1.65. The summed E-state index contributed by atoms with van der Waals surface area (Å²) in [5.74, 6) is 0.668.